The molecule has 2 atom stereocenters. The molecular formula is C22H22N2O4. The summed E-state index contributed by atoms with van der Waals surface area (Å²) in [6, 6.07) is 19.9. The van der Waals surface area contributed by atoms with Crippen LogP contribution >= 0.6 is 0 Å². The third kappa shape index (κ3) is 4.86. The summed E-state index contributed by atoms with van der Waals surface area (Å²) in [7, 11) is 0. The van der Waals surface area contributed by atoms with Crippen LogP contribution in [0.3, 0.4) is 0 Å². The van der Waals surface area contributed by atoms with Gasteiger partial charge in [0.05, 0.1) is 18.4 Å². The Morgan fingerprint density at radius 2 is 1.64 bits per heavy atom. The molecule has 28 heavy (non-hydrogen) atoms. The van der Waals surface area contributed by atoms with Gasteiger partial charge in [-0.2, -0.15) is 0 Å². The fourth-order valence-corrected chi connectivity index (χ4v) is 2.79. The number of nitrogens with one attached hydrogen (secondary N) is 2. The highest BCUT2D eigenvalue weighted by Crippen LogP contribution is 2.22. The molecule has 0 radical (unpaired) electrons. The molecule has 3 rings (SSSR count). The van der Waals surface area contributed by atoms with E-state index in [-0.39, 0.29) is 12.6 Å². The van der Waals surface area contributed by atoms with Crippen molar-refractivity contribution in [1.29, 1.82) is 0 Å². The molecule has 0 saturated heterocycles. The molecule has 0 aliphatic carbocycles. The highest BCUT2D eigenvalue weighted by atomic mass is 16.3. The Kier molecular flexibility index (Phi) is 6.24. The molecule has 0 unspecified atom stereocenters. The van der Waals surface area contributed by atoms with Crippen LogP contribution in [0.2, 0.25) is 0 Å². The van der Waals surface area contributed by atoms with Gasteiger partial charge in [-0.15, -0.1) is 0 Å². The minimum atomic E-state index is -0.922. The van der Waals surface area contributed by atoms with E-state index in [1.807, 2.05) is 48.5 Å². The van der Waals surface area contributed by atoms with Crippen molar-refractivity contribution in [3.05, 3.63) is 84.1 Å². The van der Waals surface area contributed by atoms with E-state index in [0.29, 0.717) is 5.56 Å². The van der Waals surface area contributed by atoms with Gasteiger partial charge in [0.15, 0.2) is 0 Å². The molecule has 6 heteroatoms. The van der Waals surface area contributed by atoms with Crippen LogP contribution in [0.25, 0.3) is 11.3 Å². The first kappa shape index (κ1) is 19.4. The Morgan fingerprint density at radius 3 is 2.29 bits per heavy atom. The van der Waals surface area contributed by atoms with Crippen molar-refractivity contribution < 1.29 is 19.1 Å². The quantitative estimate of drug-likeness (QED) is 0.575. The standard InChI is InChI=1S/C22H22N2O4/c1-15(16-6-3-2-4-7-16)24-22(27)21(26)23-14-19(25)17-9-11-18(12-10-17)20-8-5-13-28-20/h2-13,15,19,25H,14H2,1H3,(H,23,26)(H,24,27)/t15-,19+/m0/s1. The van der Waals surface area contributed by atoms with Crippen LogP contribution in [0.5, 0.6) is 0 Å². The minimum absolute atomic E-state index is 0.0634. The van der Waals surface area contributed by atoms with Crippen LogP contribution < -0.4 is 10.6 Å². The molecule has 2 amide bonds. The average Bonchev–Trinajstić information content (AvgIpc) is 3.27. The van der Waals surface area contributed by atoms with Crippen LogP contribution in [-0.4, -0.2) is 23.5 Å². The zero-order valence-electron chi connectivity index (χ0n) is 15.5. The fraction of sp³-hybridized carbons (Fsp3) is 0.182. The van der Waals surface area contributed by atoms with E-state index in [1.54, 1.807) is 31.4 Å². The molecule has 0 fully saturated rings. The number of amides is 2. The lowest BCUT2D eigenvalue weighted by atomic mass is 10.1. The normalized spacial score (nSPS) is 12.8. The topological polar surface area (TPSA) is 91.6 Å². The smallest absolute Gasteiger partial charge is 0.309 e. The van der Waals surface area contributed by atoms with Gasteiger partial charge in [-0.1, -0.05) is 54.6 Å². The second kappa shape index (κ2) is 9.01. The number of carbonyl (C=O) groups excluding carboxylic acids is 2. The number of aliphatic hydroxyl groups is 1. The first-order valence-electron chi connectivity index (χ1n) is 9.00. The highest BCUT2D eigenvalue weighted by molar-refractivity contribution is 6.35. The Bertz CT molecular complexity index is 905. The minimum Gasteiger partial charge on any atom is -0.464 e. The number of rotatable bonds is 6. The zero-order valence-corrected chi connectivity index (χ0v) is 15.5. The summed E-state index contributed by atoms with van der Waals surface area (Å²) in [6.45, 7) is 1.74. The summed E-state index contributed by atoms with van der Waals surface area (Å²) in [6.07, 6.45) is 0.672. The van der Waals surface area contributed by atoms with Crippen LogP contribution in [0, 0.1) is 0 Å². The lowest BCUT2D eigenvalue weighted by Crippen LogP contribution is -2.42. The second-order valence-corrected chi connectivity index (χ2v) is 6.43. The van der Waals surface area contributed by atoms with E-state index < -0.39 is 17.9 Å². The van der Waals surface area contributed by atoms with Gasteiger partial charge in [-0.3, -0.25) is 9.59 Å². The van der Waals surface area contributed by atoms with Crippen molar-refractivity contribution >= 4 is 11.8 Å². The number of furan rings is 1. The van der Waals surface area contributed by atoms with E-state index in [2.05, 4.69) is 10.6 Å². The maximum absolute atomic E-state index is 12.0. The summed E-state index contributed by atoms with van der Waals surface area (Å²) < 4.78 is 5.32. The van der Waals surface area contributed by atoms with Crippen molar-refractivity contribution in [2.75, 3.05) is 6.54 Å². The molecule has 144 valence electrons. The van der Waals surface area contributed by atoms with Crippen LogP contribution in [0.1, 0.15) is 30.2 Å². The van der Waals surface area contributed by atoms with Crippen molar-refractivity contribution in [1.82, 2.24) is 10.6 Å². The SMILES string of the molecule is C[C@H](NC(=O)C(=O)NC[C@@H](O)c1ccc(-c2ccco2)cc1)c1ccccc1. The summed E-state index contributed by atoms with van der Waals surface area (Å²) in [5, 5.41) is 15.4. The predicted octanol–water partition coefficient (Wildman–Crippen LogP) is 2.97. The molecule has 0 spiro atoms. The molecule has 1 heterocycles. The largest absolute Gasteiger partial charge is 0.464 e. The first-order valence-corrected chi connectivity index (χ1v) is 9.00. The third-order valence-corrected chi connectivity index (χ3v) is 4.41. The molecular weight excluding hydrogens is 356 g/mol. The number of carbonyl (C=O) groups is 2. The maximum Gasteiger partial charge on any atom is 0.309 e. The summed E-state index contributed by atoms with van der Waals surface area (Å²) in [5.74, 6) is -0.788. The molecule has 0 aliphatic rings. The fourth-order valence-electron chi connectivity index (χ4n) is 2.79. The van der Waals surface area contributed by atoms with Crippen molar-refractivity contribution in [3.63, 3.8) is 0 Å². The van der Waals surface area contributed by atoms with Gasteiger partial charge in [0.1, 0.15) is 5.76 Å². The second-order valence-electron chi connectivity index (χ2n) is 6.43. The summed E-state index contributed by atoms with van der Waals surface area (Å²) >= 11 is 0. The molecule has 0 bridgehead atoms. The predicted molar refractivity (Wildman–Crippen MR) is 105 cm³/mol. The van der Waals surface area contributed by atoms with E-state index in [4.69, 9.17) is 4.42 Å². The Morgan fingerprint density at radius 1 is 0.929 bits per heavy atom. The monoisotopic (exact) mass is 378 g/mol. The van der Waals surface area contributed by atoms with Crippen LogP contribution in [-0.2, 0) is 9.59 Å². The number of hydrogen-bond acceptors (Lipinski definition) is 4. The molecule has 1 aromatic heterocycles. The number of hydrogen-bond donors (Lipinski definition) is 3. The highest BCUT2D eigenvalue weighted by Gasteiger charge is 2.18. The van der Waals surface area contributed by atoms with Crippen molar-refractivity contribution in [2.45, 2.75) is 19.1 Å². The van der Waals surface area contributed by atoms with E-state index in [1.165, 1.54) is 0 Å². The molecule has 0 saturated carbocycles. The van der Waals surface area contributed by atoms with Crippen LogP contribution in [0.4, 0.5) is 0 Å². The molecule has 6 nitrogen and oxygen atoms in total. The average molecular weight is 378 g/mol. The van der Waals surface area contributed by atoms with E-state index >= 15 is 0 Å². The molecule has 3 aromatic rings. The Labute approximate surface area is 163 Å². The maximum atomic E-state index is 12.0. The van der Waals surface area contributed by atoms with Crippen LogP contribution in [0.15, 0.2) is 77.4 Å². The van der Waals surface area contributed by atoms with E-state index in [0.717, 1.165) is 16.9 Å². The Balaban J connectivity index is 1.50. The van der Waals surface area contributed by atoms with Gasteiger partial charge in [0.2, 0.25) is 0 Å². The van der Waals surface area contributed by atoms with Gasteiger partial charge in [0.25, 0.3) is 0 Å². The van der Waals surface area contributed by atoms with Crippen molar-refractivity contribution in [2.24, 2.45) is 0 Å². The summed E-state index contributed by atoms with van der Waals surface area (Å²) in [4.78, 5) is 24.0. The van der Waals surface area contributed by atoms with Gasteiger partial charge in [-0.05, 0) is 30.2 Å². The molecule has 2 aromatic carbocycles. The Hall–Kier alpha value is -3.38. The third-order valence-electron chi connectivity index (χ3n) is 4.41. The number of aliphatic hydroxyl groups excluding tert-OH is 1. The van der Waals surface area contributed by atoms with Crippen molar-refractivity contribution in [3.8, 4) is 11.3 Å². The molecule has 3 N–H and O–H groups in total. The van der Waals surface area contributed by atoms with Gasteiger partial charge in [-0.25, -0.2) is 0 Å². The lowest BCUT2D eigenvalue weighted by molar-refractivity contribution is -0.139. The number of benzene rings is 2. The zero-order chi connectivity index (χ0) is 19.9. The lowest BCUT2D eigenvalue weighted by Gasteiger charge is -2.15. The van der Waals surface area contributed by atoms with Gasteiger partial charge >= 0.3 is 11.8 Å². The summed E-state index contributed by atoms with van der Waals surface area (Å²) in [5.41, 5.74) is 2.42. The van der Waals surface area contributed by atoms with E-state index in [9.17, 15) is 14.7 Å². The van der Waals surface area contributed by atoms with Gasteiger partial charge in [0, 0.05) is 12.1 Å². The molecule has 0 aliphatic heterocycles. The first-order chi connectivity index (χ1) is 13.5. The van der Waals surface area contributed by atoms with Gasteiger partial charge < -0.3 is 20.2 Å².